The number of anilines is 1. The highest BCUT2D eigenvalue weighted by Gasteiger charge is 2.20. The van der Waals surface area contributed by atoms with Crippen LogP contribution in [0.5, 0.6) is 0 Å². The van der Waals surface area contributed by atoms with Crippen molar-refractivity contribution in [2.24, 2.45) is 5.92 Å². The molecule has 20 heavy (non-hydrogen) atoms. The van der Waals surface area contributed by atoms with Crippen LogP contribution in [-0.4, -0.2) is 29.0 Å². The van der Waals surface area contributed by atoms with Gasteiger partial charge in [-0.3, -0.25) is 4.79 Å². The van der Waals surface area contributed by atoms with E-state index in [1.54, 1.807) is 0 Å². The van der Waals surface area contributed by atoms with Gasteiger partial charge in [0.25, 0.3) is 0 Å². The number of fused-ring (bicyclic) bond motifs is 1. The number of imidazole rings is 1. The van der Waals surface area contributed by atoms with Crippen LogP contribution in [0.1, 0.15) is 25.6 Å². The SMILES string of the molecule is CCc1nc2ccc(NC(=O)C3CCCNC3)cc2[nH]1. The Hall–Kier alpha value is -1.88. The van der Waals surface area contributed by atoms with Crippen LogP contribution in [0.3, 0.4) is 0 Å². The fourth-order valence-corrected chi connectivity index (χ4v) is 2.63. The number of rotatable bonds is 3. The average Bonchev–Trinajstić information content (AvgIpc) is 2.90. The van der Waals surface area contributed by atoms with E-state index in [0.29, 0.717) is 0 Å². The molecule has 0 saturated carbocycles. The number of aryl methyl sites for hydroxylation is 1. The molecule has 3 rings (SSSR count). The topological polar surface area (TPSA) is 69.8 Å². The molecule has 3 N–H and O–H groups in total. The van der Waals surface area contributed by atoms with Crippen molar-refractivity contribution in [1.82, 2.24) is 15.3 Å². The Morgan fingerprint density at radius 3 is 3.15 bits per heavy atom. The Bertz CT molecular complexity index is 613. The predicted molar refractivity (Wildman–Crippen MR) is 79.7 cm³/mol. The first-order chi connectivity index (χ1) is 9.76. The zero-order chi connectivity index (χ0) is 13.9. The second-order valence-corrected chi connectivity index (χ2v) is 5.30. The highest BCUT2D eigenvalue weighted by molar-refractivity contribution is 5.94. The third-order valence-corrected chi connectivity index (χ3v) is 3.80. The number of benzene rings is 1. The molecule has 5 heteroatoms. The summed E-state index contributed by atoms with van der Waals surface area (Å²) in [5, 5.41) is 6.27. The van der Waals surface area contributed by atoms with Gasteiger partial charge in [-0.25, -0.2) is 4.98 Å². The smallest absolute Gasteiger partial charge is 0.228 e. The normalized spacial score (nSPS) is 19.1. The second-order valence-electron chi connectivity index (χ2n) is 5.30. The molecule has 1 aromatic carbocycles. The monoisotopic (exact) mass is 272 g/mol. The molecule has 1 saturated heterocycles. The number of amides is 1. The molecule has 1 aliphatic heterocycles. The molecule has 2 aromatic rings. The molecular formula is C15H20N4O. The maximum atomic E-state index is 12.2. The summed E-state index contributed by atoms with van der Waals surface area (Å²) in [6.07, 6.45) is 2.91. The van der Waals surface area contributed by atoms with Crippen LogP contribution >= 0.6 is 0 Å². The first-order valence-corrected chi connectivity index (χ1v) is 7.26. The molecule has 106 valence electrons. The Kier molecular flexibility index (Phi) is 3.69. The third kappa shape index (κ3) is 2.67. The Balaban J connectivity index is 1.74. The quantitative estimate of drug-likeness (QED) is 0.801. The van der Waals surface area contributed by atoms with E-state index in [0.717, 1.165) is 54.9 Å². The number of hydrogen-bond acceptors (Lipinski definition) is 3. The van der Waals surface area contributed by atoms with Gasteiger partial charge in [0.1, 0.15) is 5.82 Å². The molecule has 1 atom stereocenters. The number of carbonyl (C=O) groups excluding carboxylic acids is 1. The van der Waals surface area contributed by atoms with E-state index in [1.807, 2.05) is 18.2 Å². The largest absolute Gasteiger partial charge is 0.342 e. The first kappa shape index (κ1) is 13.1. The number of H-pyrrole nitrogens is 1. The van der Waals surface area contributed by atoms with Crippen LogP contribution in [0.15, 0.2) is 18.2 Å². The fraction of sp³-hybridized carbons (Fsp3) is 0.467. The zero-order valence-electron chi connectivity index (χ0n) is 11.7. The Morgan fingerprint density at radius 1 is 1.50 bits per heavy atom. The summed E-state index contributed by atoms with van der Waals surface area (Å²) in [6, 6.07) is 5.81. The minimum Gasteiger partial charge on any atom is -0.342 e. The lowest BCUT2D eigenvalue weighted by atomic mass is 9.99. The first-order valence-electron chi connectivity index (χ1n) is 7.26. The van der Waals surface area contributed by atoms with Gasteiger partial charge in [0, 0.05) is 18.7 Å². The molecule has 0 spiro atoms. The van der Waals surface area contributed by atoms with Crippen LogP contribution < -0.4 is 10.6 Å². The summed E-state index contributed by atoms with van der Waals surface area (Å²) in [4.78, 5) is 19.9. The summed E-state index contributed by atoms with van der Waals surface area (Å²) in [7, 11) is 0. The fourth-order valence-electron chi connectivity index (χ4n) is 2.63. The van der Waals surface area contributed by atoms with E-state index >= 15 is 0 Å². The maximum Gasteiger partial charge on any atom is 0.228 e. The van der Waals surface area contributed by atoms with Gasteiger partial charge in [-0.05, 0) is 37.6 Å². The van der Waals surface area contributed by atoms with Crippen LogP contribution in [-0.2, 0) is 11.2 Å². The van der Waals surface area contributed by atoms with Gasteiger partial charge in [0.05, 0.1) is 17.0 Å². The lowest BCUT2D eigenvalue weighted by molar-refractivity contribution is -0.120. The van der Waals surface area contributed by atoms with Gasteiger partial charge in [-0.1, -0.05) is 6.92 Å². The van der Waals surface area contributed by atoms with E-state index in [-0.39, 0.29) is 11.8 Å². The minimum absolute atomic E-state index is 0.0763. The zero-order valence-corrected chi connectivity index (χ0v) is 11.7. The van der Waals surface area contributed by atoms with Gasteiger partial charge in [-0.2, -0.15) is 0 Å². The van der Waals surface area contributed by atoms with Gasteiger partial charge < -0.3 is 15.6 Å². The van der Waals surface area contributed by atoms with Crippen LogP contribution in [0, 0.1) is 5.92 Å². The summed E-state index contributed by atoms with van der Waals surface area (Å²) >= 11 is 0. The number of aromatic amines is 1. The molecule has 0 radical (unpaired) electrons. The van der Waals surface area contributed by atoms with Gasteiger partial charge >= 0.3 is 0 Å². The van der Waals surface area contributed by atoms with Crippen molar-refractivity contribution in [3.63, 3.8) is 0 Å². The second kappa shape index (κ2) is 5.63. The summed E-state index contributed by atoms with van der Waals surface area (Å²) in [5.74, 6) is 1.15. The van der Waals surface area contributed by atoms with Crippen molar-refractivity contribution in [1.29, 1.82) is 0 Å². The van der Waals surface area contributed by atoms with Crippen molar-refractivity contribution in [3.05, 3.63) is 24.0 Å². The highest BCUT2D eigenvalue weighted by atomic mass is 16.1. The molecule has 1 aliphatic rings. The van der Waals surface area contributed by atoms with Gasteiger partial charge in [0.2, 0.25) is 5.91 Å². The van der Waals surface area contributed by atoms with Crippen LogP contribution in [0.4, 0.5) is 5.69 Å². The highest BCUT2D eigenvalue weighted by Crippen LogP contribution is 2.19. The van der Waals surface area contributed by atoms with Crippen molar-refractivity contribution in [3.8, 4) is 0 Å². The predicted octanol–water partition coefficient (Wildman–Crippen LogP) is 2.06. The van der Waals surface area contributed by atoms with Crippen molar-refractivity contribution >= 4 is 22.6 Å². The maximum absolute atomic E-state index is 12.2. The van der Waals surface area contributed by atoms with E-state index in [9.17, 15) is 4.79 Å². The lowest BCUT2D eigenvalue weighted by Crippen LogP contribution is -2.37. The van der Waals surface area contributed by atoms with Crippen molar-refractivity contribution in [2.45, 2.75) is 26.2 Å². The van der Waals surface area contributed by atoms with Crippen molar-refractivity contribution in [2.75, 3.05) is 18.4 Å². The van der Waals surface area contributed by atoms with E-state index in [4.69, 9.17) is 0 Å². The van der Waals surface area contributed by atoms with Crippen molar-refractivity contribution < 1.29 is 4.79 Å². The third-order valence-electron chi connectivity index (χ3n) is 3.80. The minimum atomic E-state index is 0.0763. The average molecular weight is 272 g/mol. The molecule has 5 nitrogen and oxygen atoms in total. The number of carbonyl (C=O) groups is 1. The number of aromatic nitrogens is 2. The summed E-state index contributed by atoms with van der Waals surface area (Å²) < 4.78 is 0. The molecule has 1 fully saturated rings. The number of nitrogens with zero attached hydrogens (tertiary/aromatic N) is 1. The van der Waals surface area contributed by atoms with Gasteiger partial charge in [-0.15, -0.1) is 0 Å². The molecule has 2 heterocycles. The Morgan fingerprint density at radius 2 is 2.40 bits per heavy atom. The molecule has 1 amide bonds. The summed E-state index contributed by atoms with van der Waals surface area (Å²) in [5.41, 5.74) is 2.75. The van der Waals surface area contributed by atoms with E-state index in [1.165, 1.54) is 0 Å². The molecule has 1 aromatic heterocycles. The van der Waals surface area contributed by atoms with E-state index < -0.39 is 0 Å². The summed E-state index contributed by atoms with van der Waals surface area (Å²) in [6.45, 7) is 3.86. The molecule has 0 bridgehead atoms. The van der Waals surface area contributed by atoms with E-state index in [2.05, 4.69) is 27.5 Å². The lowest BCUT2D eigenvalue weighted by Gasteiger charge is -2.21. The molecule has 0 aliphatic carbocycles. The number of hydrogen-bond donors (Lipinski definition) is 3. The Labute approximate surface area is 118 Å². The van der Waals surface area contributed by atoms with Gasteiger partial charge in [0.15, 0.2) is 0 Å². The van der Waals surface area contributed by atoms with Crippen LogP contribution in [0.25, 0.3) is 11.0 Å². The van der Waals surface area contributed by atoms with Crippen LogP contribution in [0.2, 0.25) is 0 Å². The number of nitrogens with one attached hydrogen (secondary N) is 3. The molecular weight excluding hydrogens is 252 g/mol. The number of piperidine rings is 1. The standard InChI is InChI=1S/C15H20N4O/c1-2-14-18-12-6-5-11(8-13(12)19-14)17-15(20)10-4-3-7-16-9-10/h5-6,8,10,16H,2-4,7,9H2,1H3,(H,17,20)(H,18,19). The molecule has 1 unspecified atom stereocenters.